The van der Waals surface area contributed by atoms with Crippen LogP contribution in [0.1, 0.15) is 42.1 Å². The Bertz CT molecular complexity index is 692. The fraction of sp³-hybridized carbons (Fsp3) is 0.235. The molecule has 2 aromatic carbocycles. The van der Waals surface area contributed by atoms with Crippen LogP contribution in [0.15, 0.2) is 42.0 Å². The predicted octanol–water partition coefficient (Wildman–Crippen LogP) is 3.90. The van der Waals surface area contributed by atoms with Crippen LogP contribution in [0.2, 0.25) is 0 Å². The second kappa shape index (κ2) is 4.54. The van der Waals surface area contributed by atoms with Crippen LogP contribution < -0.4 is 5.73 Å². The quantitative estimate of drug-likeness (QED) is 0.899. The highest BCUT2D eigenvalue weighted by Crippen LogP contribution is 2.35. The van der Waals surface area contributed by atoms with Crippen LogP contribution in [-0.4, -0.2) is 5.78 Å². The molecule has 0 bridgehead atoms. The molecule has 1 aliphatic rings. The molecule has 0 saturated heterocycles. The lowest BCUT2D eigenvalue weighted by Crippen LogP contribution is -2.16. The van der Waals surface area contributed by atoms with Crippen molar-refractivity contribution in [3.05, 3.63) is 53.1 Å². The van der Waals surface area contributed by atoms with E-state index in [0.29, 0.717) is 5.70 Å². The van der Waals surface area contributed by atoms with Gasteiger partial charge in [-0.2, -0.15) is 0 Å². The Labute approximate surface area is 112 Å². The molecule has 2 heteroatoms. The van der Waals surface area contributed by atoms with Crippen molar-refractivity contribution in [3.63, 3.8) is 0 Å². The number of rotatable bonds is 3. The van der Waals surface area contributed by atoms with Crippen molar-refractivity contribution >= 4 is 22.3 Å². The smallest absolute Gasteiger partial charge is 0.191 e. The maximum atomic E-state index is 12.6. The van der Waals surface area contributed by atoms with Gasteiger partial charge in [-0.25, -0.2) is 0 Å². The summed E-state index contributed by atoms with van der Waals surface area (Å²) < 4.78 is 0. The molecule has 2 nitrogen and oxygen atoms in total. The van der Waals surface area contributed by atoms with E-state index in [1.807, 2.05) is 36.4 Å². The second-order valence-corrected chi connectivity index (χ2v) is 5.03. The number of benzene rings is 2. The maximum absolute atomic E-state index is 12.6. The SMILES string of the molecule is CCCCC1=C(N)c2cccc3cccc(c23)C1=O. The number of hydrogen-bond acceptors (Lipinski definition) is 2. The summed E-state index contributed by atoms with van der Waals surface area (Å²) >= 11 is 0. The Kier molecular flexibility index (Phi) is 2.86. The van der Waals surface area contributed by atoms with Gasteiger partial charge in [0.2, 0.25) is 0 Å². The first-order chi connectivity index (χ1) is 9.24. The maximum Gasteiger partial charge on any atom is 0.191 e. The van der Waals surface area contributed by atoms with Gasteiger partial charge in [-0.15, -0.1) is 0 Å². The lowest BCUT2D eigenvalue weighted by molar-refractivity contribution is 0.103. The van der Waals surface area contributed by atoms with Gasteiger partial charge in [0.05, 0.1) is 0 Å². The van der Waals surface area contributed by atoms with E-state index in [-0.39, 0.29) is 5.78 Å². The molecule has 3 rings (SSSR count). The van der Waals surface area contributed by atoms with Crippen LogP contribution in [0.5, 0.6) is 0 Å². The predicted molar refractivity (Wildman–Crippen MR) is 78.9 cm³/mol. The van der Waals surface area contributed by atoms with Crippen LogP contribution in [-0.2, 0) is 0 Å². The van der Waals surface area contributed by atoms with Crippen LogP contribution in [0.25, 0.3) is 16.5 Å². The molecule has 19 heavy (non-hydrogen) atoms. The van der Waals surface area contributed by atoms with Crippen molar-refractivity contribution in [2.45, 2.75) is 26.2 Å². The minimum absolute atomic E-state index is 0.107. The highest BCUT2D eigenvalue weighted by atomic mass is 16.1. The number of unbranched alkanes of at least 4 members (excludes halogenated alkanes) is 1. The monoisotopic (exact) mass is 251 g/mol. The third-order valence-corrected chi connectivity index (χ3v) is 3.82. The summed E-state index contributed by atoms with van der Waals surface area (Å²) in [6.07, 6.45) is 2.84. The highest BCUT2D eigenvalue weighted by molar-refractivity contribution is 6.24. The van der Waals surface area contributed by atoms with Crippen LogP contribution in [0, 0.1) is 0 Å². The van der Waals surface area contributed by atoms with E-state index in [1.165, 1.54) is 0 Å². The summed E-state index contributed by atoms with van der Waals surface area (Å²) in [6, 6.07) is 11.9. The van der Waals surface area contributed by atoms with Crippen molar-refractivity contribution in [2.75, 3.05) is 0 Å². The molecule has 0 aliphatic heterocycles. The Morgan fingerprint density at radius 3 is 2.42 bits per heavy atom. The number of ketones is 1. The van der Waals surface area contributed by atoms with Gasteiger partial charge in [-0.3, -0.25) is 4.79 Å². The van der Waals surface area contributed by atoms with Crippen LogP contribution >= 0.6 is 0 Å². The van der Waals surface area contributed by atoms with E-state index in [4.69, 9.17) is 5.73 Å². The Hall–Kier alpha value is -2.09. The molecule has 0 fully saturated rings. The van der Waals surface area contributed by atoms with Gasteiger partial charge in [0, 0.05) is 27.8 Å². The van der Waals surface area contributed by atoms with Gasteiger partial charge in [0.15, 0.2) is 5.78 Å². The molecule has 96 valence electrons. The molecular formula is C17H17NO. The molecule has 0 amide bonds. The van der Waals surface area contributed by atoms with Crippen LogP contribution in [0.3, 0.4) is 0 Å². The van der Waals surface area contributed by atoms with Crippen molar-refractivity contribution in [1.29, 1.82) is 0 Å². The van der Waals surface area contributed by atoms with E-state index in [1.54, 1.807) is 0 Å². The first kappa shape index (κ1) is 12.0. The number of Topliss-reactive ketones (excluding diaryl/α,β-unsaturated/α-hetero) is 1. The molecule has 0 radical (unpaired) electrons. The third-order valence-electron chi connectivity index (χ3n) is 3.82. The average molecular weight is 251 g/mol. The summed E-state index contributed by atoms with van der Waals surface area (Å²) in [4.78, 5) is 12.6. The minimum Gasteiger partial charge on any atom is -0.398 e. The van der Waals surface area contributed by atoms with E-state index in [0.717, 1.165) is 46.7 Å². The molecule has 1 aliphatic carbocycles. The van der Waals surface area contributed by atoms with E-state index >= 15 is 0 Å². The average Bonchev–Trinajstić information content (AvgIpc) is 2.44. The fourth-order valence-electron chi connectivity index (χ4n) is 2.80. The Balaban J connectivity index is 2.27. The van der Waals surface area contributed by atoms with Gasteiger partial charge in [0.1, 0.15) is 0 Å². The molecule has 0 spiro atoms. The first-order valence-corrected chi connectivity index (χ1v) is 6.79. The lowest BCUT2D eigenvalue weighted by atomic mass is 9.84. The molecule has 0 unspecified atom stereocenters. The number of carbonyl (C=O) groups is 1. The molecule has 2 aromatic rings. The minimum atomic E-state index is 0.107. The second-order valence-electron chi connectivity index (χ2n) is 5.03. The standard InChI is InChI=1S/C17H17NO/c1-2-3-8-14-16(18)12-9-4-6-11-7-5-10-13(15(11)12)17(14)19/h4-7,9-10H,2-3,8,18H2,1H3. The molecule has 0 aromatic heterocycles. The topological polar surface area (TPSA) is 43.1 Å². The fourth-order valence-corrected chi connectivity index (χ4v) is 2.80. The zero-order valence-electron chi connectivity index (χ0n) is 11.1. The van der Waals surface area contributed by atoms with Gasteiger partial charge < -0.3 is 5.73 Å². The van der Waals surface area contributed by atoms with Crippen molar-refractivity contribution in [1.82, 2.24) is 0 Å². The number of hydrogen-bond donors (Lipinski definition) is 1. The Morgan fingerprint density at radius 2 is 1.74 bits per heavy atom. The summed E-state index contributed by atoms with van der Waals surface area (Å²) in [6.45, 7) is 2.12. The van der Waals surface area contributed by atoms with E-state index in [9.17, 15) is 4.79 Å². The zero-order valence-corrected chi connectivity index (χ0v) is 11.1. The normalized spacial score (nSPS) is 14.3. The summed E-state index contributed by atoms with van der Waals surface area (Å²) in [5.41, 5.74) is 9.51. The zero-order chi connectivity index (χ0) is 13.4. The highest BCUT2D eigenvalue weighted by Gasteiger charge is 2.25. The van der Waals surface area contributed by atoms with Gasteiger partial charge in [0.25, 0.3) is 0 Å². The molecule has 0 atom stereocenters. The van der Waals surface area contributed by atoms with Gasteiger partial charge >= 0.3 is 0 Å². The molecule has 0 saturated carbocycles. The number of nitrogens with two attached hydrogens (primary N) is 1. The molecule has 0 heterocycles. The number of carbonyl (C=O) groups excluding carboxylic acids is 1. The van der Waals surface area contributed by atoms with Gasteiger partial charge in [-0.1, -0.05) is 49.7 Å². The molecular weight excluding hydrogens is 234 g/mol. The van der Waals surface area contributed by atoms with Crippen molar-refractivity contribution in [3.8, 4) is 0 Å². The van der Waals surface area contributed by atoms with E-state index < -0.39 is 0 Å². The lowest BCUT2D eigenvalue weighted by Gasteiger charge is -2.20. The largest absolute Gasteiger partial charge is 0.398 e. The summed E-state index contributed by atoms with van der Waals surface area (Å²) in [7, 11) is 0. The van der Waals surface area contributed by atoms with Crippen LogP contribution in [0.4, 0.5) is 0 Å². The van der Waals surface area contributed by atoms with Gasteiger partial charge in [-0.05, 0) is 18.2 Å². The summed E-state index contributed by atoms with van der Waals surface area (Å²) in [5.74, 6) is 0.107. The molecule has 2 N–H and O–H groups in total. The van der Waals surface area contributed by atoms with E-state index in [2.05, 4.69) is 6.92 Å². The Morgan fingerprint density at radius 1 is 1.05 bits per heavy atom. The first-order valence-electron chi connectivity index (χ1n) is 6.79. The number of allylic oxidation sites excluding steroid dienone is 1. The van der Waals surface area contributed by atoms with Crippen molar-refractivity contribution < 1.29 is 4.79 Å². The summed E-state index contributed by atoms with van der Waals surface area (Å²) in [5, 5.41) is 2.09. The third kappa shape index (κ3) is 1.75. The van der Waals surface area contributed by atoms with Crippen molar-refractivity contribution in [2.24, 2.45) is 5.73 Å².